The summed E-state index contributed by atoms with van der Waals surface area (Å²) in [6.07, 6.45) is 0. The Morgan fingerprint density at radius 3 is 2.43 bits per heavy atom. The van der Waals surface area contributed by atoms with Gasteiger partial charge in [0.2, 0.25) is 0 Å². The molecule has 2 N–H and O–H groups in total. The Kier molecular flexibility index (Phi) is 5.63. The lowest BCUT2D eigenvalue weighted by Gasteiger charge is -2.15. The minimum absolute atomic E-state index is 0.0901. The number of benzene rings is 2. The molecule has 1 aliphatic heterocycles. The Hall–Kier alpha value is -4.01. The van der Waals surface area contributed by atoms with E-state index in [1.54, 1.807) is 13.8 Å². The van der Waals surface area contributed by atoms with Crippen molar-refractivity contribution in [3.8, 4) is 0 Å². The highest BCUT2D eigenvalue weighted by Crippen LogP contribution is 2.26. The lowest BCUT2D eigenvalue weighted by molar-refractivity contribution is -0.385. The minimum Gasteiger partial charge on any atom is -0.302 e. The van der Waals surface area contributed by atoms with Gasteiger partial charge in [-0.05, 0) is 57.0 Å². The molecule has 0 bridgehead atoms. The number of allylic oxidation sites excluding steroid dienone is 1. The first-order valence-electron chi connectivity index (χ1n) is 9.18. The third-order valence-corrected chi connectivity index (χ3v) is 4.84. The number of hydrogen-bond donors (Lipinski definition) is 2. The molecule has 9 nitrogen and oxygen atoms in total. The third kappa shape index (κ3) is 3.90. The molecule has 0 radical (unpaired) electrons. The van der Waals surface area contributed by atoms with Crippen molar-refractivity contribution in [1.29, 1.82) is 0 Å². The van der Waals surface area contributed by atoms with Crippen LogP contribution in [0.4, 0.5) is 11.4 Å². The van der Waals surface area contributed by atoms with E-state index >= 15 is 0 Å². The second-order valence-corrected chi connectivity index (χ2v) is 6.92. The van der Waals surface area contributed by atoms with Gasteiger partial charge in [-0.1, -0.05) is 18.2 Å². The van der Waals surface area contributed by atoms with Crippen LogP contribution >= 0.6 is 0 Å². The molecule has 30 heavy (non-hydrogen) atoms. The number of nitro benzene ring substituents is 1. The van der Waals surface area contributed by atoms with Crippen LogP contribution in [0.5, 0.6) is 0 Å². The molecule has 154 valence electrons. The van der Waals surface area contributed by atoms with Crippen LogP contribution in [0, 0.1) is 24.0 Å². The highest BCUT2D eigenvalue weighted by atomic mass is 16.6. The number of para-hydroxylation sites is 1. The van der Waals surface area contributed by atoms with Crippen LogP contribution in [0.2, 0.25) is 0 Å². The quantitative estimate of drug-likeness (QED) is 0.449. The van der Waals surface area contributed by atoms with Crippen LogP contribution in [-0.2, 0) is 4.79 Å². The van der Waals surface area contributed by atoms with E-state index in [0.717, 1.165) is 11.1 Å². The van der Waals surface area contributed by atoms with E-state index in [4.69, 9.17) is 0 Å². The van der Waals surface area contributed by atoms with Gasteiger partial charge in [0.1, 0.15) is 5.56 Å². The monoisotopic (exact) mass is 407 g/mol. The molecular weight excluding hydrogens is 386 g/mol. The van der Waals surface area contributed by atoms with E-state index in [-0.39, 0.29) is 17.2 Å². The number of aryl methyl sites for hydroxylation is 2. The van der Waals surface area contributed by atoms with Crippen molar-refractivity contribution in [1.82, 2.24) is 10.9 Å². The summed E-state index contributed by atoms with van der Waals surface area (Å²) in [5, 5.41) is 16.8. The number of anilines is 1. The number of nitro groups is 1. The number of rotatable bonds is 5. The lowest BCUT2D eigenvalue weighted by Crippen LogP contribution is -2.38. The van der Waals surface area contributed by atoms with E-state index in [1.807, 2.05) is 32.0 Å². The molecule has 3 rings (SSSR count). The summed E-state index contributed by atoms with van der Waals surface area (Å²) < 4.78 is 0. The fourth-order valence-electron chi connectivity index (χ4n) is 3.08. The number of hydrogen-bond acceptors (Lipinski definition) is 6. The highest BCUT2D eigenvalue weighted by Gasteiger charge is 2.31. The number of nitrogens with zero attached hydrogens (tertiary/aromatic N) is 3. The van der Waals surface area contributed by atoms with Crippen molar-refractivity contribution in [3.05, 3.63) is 80.5 Å². The summed E-state index contributed by atoms with van der Waals surface area (Å²) in [5.41, 5.74) is 8.65. The smallest absolute Gasteiger partial charge is 0.282 e. The third-order valence-electron chi connectivity index (χ3n) is 4.84. The Balaban J connectivity index is 1.79. The maximum absolute atomic E-state index is 12.9. The predicted octanol–water partition coefficient (Wildman–Crippen LogP) is 3.14. The Morgan fingerprint density at radius 1 is 1.07 bits per heavy atom. The molecule has 1 heterocycles. The molecule has 2 aromatic rings. The van der Waals surface area contributed by atoms with Gasteiger partial charge in [-0.3, -0.25) is 25.1 Å². The number of amides is 2. The average molecular weight is 407 g/mol. The zero-order chi connectivity index (χ0) is 22.0. The van der Waals surface area contributed by atoms with Crippen LogP contribution in [0.1, 0.15) is 35.3 Å². The Labute approximate surface area is 173 Å². The molecule has 0 atom stereocenters. The zero-order valence-electron chi connectivity index (χ0n) is 17.0. The van der Waals surface area contributed by atoms with Crippen LogP contribution in [0.15, 0.2) is 58.8 Å². The first-order valence-corrected chi connectivity index (χ1v) is 9.18. The molecule has 0 saturated carbocycles. The largest absolute Gasteiger partial charge is 0.302 e. The Morgan fingerprint density at radius 2 is 1.77 bits per heavy atom. The van der Waals surface area contributed by atoms with Crippen LogP contribution in [0.3, 0.4) is 0 Å². The van der Waals surface area contributed by atoms with E-state index in [2.05, 4.69) is 16.0 Å². The second-order valence-electron chi connectivity index (χ2n) is 6.92. The van der Waals surface area contributed by atoms with E-state index < -0.39 is 10.8 Å². The van der Waals surface area contributed by atoms with Crippen molar-refractivity contribution < 1.29 is 14.5 Å². The van der Waals surface area contributed by atoms with E-state index in [0.29, 0.717) is 22.7 Å². The van der Waals surface area contributed by atoms with Gasteiger partial charge in [-0.15, -0.1) is 0 Å². The maximum atomic E-state index is 12.9. The lowest BCUT2D eigenvalue weighted by atomic mass is 10.1. The van der Waals surface area contributed by atoms with Gasteiger partial charge in [0.15, 0.2) is 0 Å². The molecule has 0 saturated heterocycles. The van der Waals surface area contributed by atoms with Crippen LogP contribution in [-0.4, -0.2) is 22.4 Å². The fourth-order valence-corrected chi connectivity index (χ4v) is 3.08. The summed E-state index contributed by atoms with van der Waals surface area (Å²) in [5.74, 6) is -1.02. The van der Waals surface area contributed by atoms with Gasteiger partial charge < -0.3 is 5.43 Å². The zero-order valence-corrected chi connectivity index (χ0v) is 17.0. The van der Waals surface area contributed by atoms with E-state index in [1.165, 1.54) is 29.3 Å². The molecule has 0 unspecified atom stereocenters. The van der Waals surface area contributed by atoms with Crippen molar-refractivity contribution in [2.45, 2.75) is 27.7 Å². The minimum atomic E-state index is -0.687. The van der Waals surface area contributed by atoms with Crippen molar-refractivity contribution in [3.63, 3.8) is 0 Å². The standard InChI is InChI=1S/C21H21N5O4/c1-12-9-10-16(11-13(12)2)25-21(28)19(15(4)24-25)14(3)22-23-20(27)17-7-5-6-8-18(17)26(29)30/h5-11,22H,1-4H3,(H,23,27)/b19-14-. The summed E-state index contributed by atoms with van der Waals surface area (Å²) in [7, 11) is 0. The van der Waals surface area contributed by atoms with Gasteiger partial charge in [0, 0.05) is 11.8 Å². The summed E-state index contributed by atoms with van der Waals surface area (Å²) in [6.45, 7) is 7.26. The van der Waals surface area contributed by atoms with Crippen molar-refractivity contribution in [2.24, 2.45) is 5.10 Å². The molecule has 2 amide bonds. The molecule has 1 aliphatic rings. The molecule has 0 fully saturated rings. The summed E-state index contributed by atoms with van der Waals surface area (Å²) in [6, 6.07) is 11.2. The maximum Gasteiger partial charge on any atom is 0.282 e. The highest BCUT2D eigenvalue weighted by molar-refractivity contribution is 6.30. The van der Waals surface area contributed by atoms with Crippen LogP contribution < -0.4 is 15.9 Å². The summed E-state index contributed by atoms with van der Waals surface area (Å²) in [4.78, 5) is 35.8. The van der Waals surface area contributed by atoms with Crippen molar-refractivity contribution in [2.75, 3.05) is 5.01 Å². The molecule has 2 aromatic carbocycles. The topological polar surface area (TPSA) is 117 Å². The number of nitrogens with one attached hydrogen (secondary N) is 2. The molecule has 0 aliphatic carbocycles. The normalized spacial score (nSPS) is 15.0. The Bertz CT molecular complexity index is 1120. The average Bonchev–Trinajstić information content (AvgIpc) is 3.02. The second kappa shape index (κ2) is 8.16. The van der Waals surface area contributed by atoms with Crippen LogP contribution in [0.25, 0.3) is 0 Å². The number of carbonyl (C=O) groups excluding carboxylic acids is 2. The van der Waals surface area contributed by atoms with Gasteiger partial charge in [-0.2, -0.15) is 10.1 Å². The molecule has 0 aromatic heterocycles. The van der Waals surface area contributed by atoms with Gasteiger partial charge in [-0.25, -0.2) is 0 Å². The van der Waals surface area contributed by atoms with Gasteiger partial charge in [0.05, 0.1) is 21.9 Å². The first-order chi connectivity index (χ1) is 14.2. The first kappa shape index (κ1) is 20.7. The summed E-state index contributed by atoms with van der Waals surface area (Å²) >= 11 is 0. The molecular formula is C21H21N5O4. The number of hydrazine groups is 1. The predicted molar refractivity (Wildman–Crippen MR) is 113 cm³/mol. The fraction of sp³-hybridized carbons (Fsp3) is 0.190. The number of hydrazone groups is 1. The molecule has 9 heteroatoms. The van der Waals surface area contributed by atoms with Crippen molar-refractivity contribution >= 4 is 28.9 Å². The SMILES string of the molecule is CC1=NN(c2ccc(C)c(C)c2)C(=O)/C1=C(/C)NNC(=O)c1ccccc1[N+](=O)[O-]. The van der Waals surface area contributed by atoms with Gasteiger partial charge >= 0.3 is 0 Å². The molecule has 0 spiro atoms. The number of carbonyl (C=O) groups is 2. The van der Waals surface area contributed by atoms with E-state index in [9.17, 15) is 19.7 Å². The van der Waals surface area contributed by atoms with Gasteiger partial charge in [0.25, 0.3) is 17.5 Å².